The Kier molecular flexibility index (Phi) is 6.13. The van der Waals surface area contributed by atoms with Gasteiger partial charge in [-0.15, -0.1) is 0 Å². The predicted molar refractivity (Wildman–Crippen MR) is 90.2 cm³/mol. The first-order valence-corrected chi connectivity index (χ1v) is 7.33. The molecule has 2 N–H and O–H groups in total. The Hall–Kier alpha value is -2.38. The van der Waals surface area contributed by atoms with Gasteiger partial charge in [0.2, 0.25) is 0 Å². The largest absolute Gasteiger partial charge is 0.490 e. The molecule has 1 aromatic carbocycles. The fourth-order valence-electron chi connectivity index (χ4n) is 1.70. The SMILES string of the molecule is CN(C)CCOc1ccc(Cl)cc1NC(=O)Nc1cnccn1. The zero-order chi connectivity index (χ0) is 16.7. The zero-order valence-electron chi connectivity index (χ0n) is 12.9. The summed E-state index contributed by atoms with van der Waals surface area (Å²) >= 11 is 5.99. The van der Waals surface area contributed by atoms with Crippen LogP contribution in [-0.2, 0) is 0 Å². The van der Waals surface area contributed by atoms with Crippen LogP contribution in [0.5, 0.6) is 5.75 Å². The smallest absolute Gasteiger partial charge is 0.325 e. The first-order chi connectivity index (χ1) is 11.0. The number of urea groups is 1. The van der Waals surface area contributed by atoms with Crippen LogP contribution in [0.4, 0.5) is 16.3 Å². The maximum atomic E-state index is 12.0. The van der Waals surface area contributed by atoms with Crippen molar-refractivity contribution >= 4 is 29.1 Å². The van der Waals surface area contributed by atoms with Crippen LogP contribution in [0.2, 0.25) is 5.02 Å². The topological polar surface area (TPSA) is 79.4 Å². The third-order valence-electron chi connectivity index (χ3n) is 2.79. The number of rotatable bonds is 6. The van der Waals surface area contributed by atoms with E-state index in [0.29, 0.717) is 28.9 Å². The molecule has 1 aromatic heterocycles. The molecule has 0 bridgehead atoms. The number of anilines is 2. The number of carbonyl (C=O) groups is 1. The number of hydrogen-bond donors (Lipinski definition) is 2. The van der Waals surface area contributed by atoms with Crippen LogP contribution < -0.4 is 15.4 Å². The van der Waals surface area contributed by atoms with Gasteiger partial charge in [-0.3, -0.25) is 10.3 Å². The summed E-state index contributed by atoms with van der Waals surface area (Å²) in [5, 5.41) is 5.78. The van der Waals surface area contributed by atoms with Crippen molar-refractivity contribution in [3.05, 3.63) is 41.8 Å². The van der Waals surface area contributed by atoms with Crippen molar-refractivity contribution in [2.24, 2.45) is 0 Å². The van der Waals surface area contributed by atoms with Gasteiger partial charge in [-0.2, -0.15) is 0 Å². The minimum atomic E-state index is -0.453. The molecule has 0 radical (unpaired) electrons. The van der Waals surface area contributed by atoms with Crippen molar-refractivity contribution in [1.82, 2.24) is 14.9 Å². The molecule has 0 aliphatic carbocycles. The molecule has 23 heavy (non-hydrogen) atoms. The third-order valence-corrected chi connectivity index (χ3v) is 3.03. The lowest BCUT2D eigenvalue weighted by Gasteiger charge is -2.15. The monoisotopic (exact) mass is 335 g/mol. The molecule has 8 heteroatoms. The van der Waals surface area contributed by atoms with Crippen molar-refractivity contribution in [2.75, 3.05) is 37.9 Å². The van der Waals surface area contributed by atoms with Crippen LogP contribution in [0.25, 0.3) is 0 Å². The molecule has 122 valence electrons. The van der Waals surface area contributed by atoms with E-state index in [0.717, 1.165) is 6.54 Å². The number of nitrogens with zero attached hydrogens (tertiary/aromatic N) is 3. The molecule has 0 saturated carbocycles. The van der Waals surface area contributed by atoms with Gasteiger partial charge < -0.3 is 15.0 Å². The van der Waals surface area contributed by atoms with Gasteiger partial charge in [0.15, 0.2) is 5.82 Å². The van der Waals surface area contributed by atoms with E-state index < -0.39 is 6.03 Å². The Labute approximate surface area is 139 Å². The quantitative estimate of drug-likeness (QED) is 0.848. The molecule has 2 aromatic rings. The highest BCUT2D eigenvalue weighted by molar-refractivity contribution is 6.31. The van der Waals surface area contributed by atoms with Crippen LogP contribution >= 0.6 is 11.6 Å². The van der Waals surface area contributed by atoms with E-state index in [1.54, 1.807) is 18.2 Å². The molecule has 0 saturated heterocycles. The standard InChI is InChI=1S/C15H18ClN5O2/c1-21(2)7-8-23-13-4-3-11(16)9-12(13)19-15(22)20-14-10-17-5-6-18-14/h3-6,9-10H,7-8H2,1-2H3,(H2,18,19,20,22). The molecular weight excluding hydrogens is 318 g/mol. The van der Waals surface area contributed by atoms with Crippen LogP contribution in [0.3, 0.4) is 0 Å². The van der Waals surface area contributed by atoms with E-state index in [1.165, 1.54) is 18.6 Å². The minimum absolute atomic E-state index is 0.349. The maximum Gasteiger partial charge on any atom is 0.325 e. The van der Waals surface area contributed by atoms with E-state index in [4.69, 9.17) is 16.3 Å². The first-order valence-electron chi connectivity index (χ1n) is 6.95. The molecule has 7 nitrogen and oxygen atoms in total. The Morgan fingerprint density at radius 1 is 1.30 bits per heavy atom. The molecule has 2 amide bonds. The molecule has 0 spiro atoms. The van der Waals surface area contributed by atoms with Crippen molar-refractivity contribution in [3.8, 4) is 5.75 Å². The second-order valence-corrected chi connectivity index (χ2v) is 5.40. The average Bonchev–Trinajstić information content (AvgIpc) is 2.50. The van der Waals surface area contributed by atoms with Crippen molar-refractivity contribution in [3.63, 3.8) is 0 Å². The number of ether oxygens (including phenoxy) is 1. The molecule has 1 heterocycles. The highest BCUT2D eigenvalue weighted by Crippen LogP contribution is 2.28. The summed E-state index contributed by atoms with van der Waals surface area (Å²) in [7, 11) is 3.91. The highest BCUT2D eigenvalue weighted by atomic mass is 35.5. The van der Waals surface area contributed by atoms with Crippen LogP contribution in [-0.4, -0.2) is 48.1 Å². The fraction of sp³-hybridized carbons (Fsp3) is 0.267. The summed E-state index contributed by atoms with van der Waals surface area (Å²) in [6, 6.07) is 4.60. The van der Waals surface area contributed by atoms with Gasteiger partial charge >= 0.3 is 6.03 Å². The number of carbonyl (C=O) groups excluding carboxylic acids is 1. The van der Waals surface area contributed by atoms with E-state index in [1.807, 2.05) is 19.0 Å². The third kappa shape index (κ3) is 5.72. The minimum Gasteiger partial charge on any atom is -0.490 e. The summed E-state index contributed by atoms with van der Waals surface area (Å²) in [5.74, 6) is 0.896. The van der Waals surface area contributed by atoms with Crippen LogP contribution in [0, 0.1) is 0 Å². The fourth-order valence-corrected chi connectivity index (χ4v) is 1.87. The summed E-state index contributed by atoms with van der Waals surface area (Å²) in [4.78, 5) is 21.9. The number of nitrogens with one attached hydrogen (secondary N) is 2. The Morgan fingerprint density at radius 2 is 2.13 bits per heavy atom. The van der Waals surface area contributed by atoms with Gasteiger partial charge in [0.1, 0.15) is 12.4 Å². The van der Waals surface area contributed by atoms with Crippen LogP contribution in [0.1, 0.15) is 0 Å². The lowest BCUT2D eigenvalue weighted by Crippen LogP contribution is -2.22. The number of amides is 2. The molecule has 0 aliphatic rings. The van der Waals surface area contributed by atoms with E-state index in [9.17, 15) is 4.79 Å². The Morgan fingerprint density at radius 3 is 2.83 bits per heavy atom. The van der Waals surface area contributed by atoms with E-state index >= 15 is 0 Å². The molecule has 0 aliphatic heterocycles. The van der Waals surface area contributed by atoms with Crippen molar-refractivity contribution in [2.45, 2.75) is 0 Å². The van der Waals surface area contributed by atoms with E-state index in [-0.39, 0.29) is 0 Å². The van der Waals surface area contributed by atoms with Gasteiger partial charge in [0.25, 0.3) is 0 Å². The van der Waals surface area contributed by atoms with Crippen LogP contribution in [0.15, 0.2) is 36.8 Å². The molecular formula is C15H18ClN5O2. The molecule has 2 rings (SSSR count). The Balaban J connectivity index is 2.02. The summed E-state index contributed by atoms with van der Waals surface area (Å²) in [5.41, 5.74) is 0.484. The highest BCUT2D eigenvalue weighted by Gasteiger charge is 2.10. The van der Waals surface area contributed by atoms with Gasteiger partial charge in [-0.25, -0.2) is 9.78 Å². The molecule has 0 atom stereocenters. The van der Waals surface area contributed by atoms with Gasteiger partial charge in [0.05, 0.1) is 11.9 Å². The lowest BCUT2D eigenvalue weighted by molar-refractivity contribution is 0.258. The van der Waals surface area contributed by atoms with Gasteiger partial charge in [0, 0.05) is 24.0 Å². The zero-order valence-corrected chi connectivity index (χ0v) is 13.7. The number of likely N-dealkylation sites (N-methyl/N-ethyl adjacent to an activating group) is 1. The van der Waals surface area contributed by atoms with E-state index in [2.05, 4.69) is 20.6 Å². The Bertz CT molecular complexity index is 652. The number of benzene rings is 1. The molecule has 0 unspecified atom stereocenters. The number of aromatic nitrogens is 2. The average molecular weight is 336 g/mol. The maximum absolute atomic E-state index is 12.0. The second-order valence-electron chi connectivity index (χ2n) is 4.96. The van der Waals surface area contributed by atoms with Crippen molar-refractivity contribution < 1.29 is 9.53 Å². The lowest BCUT2D eigenvalue weighted by atomic mass is 10.3. The van der Waals surface area contributed by atoms with Crippen molar-refractivity contribution in [1.29, 1.82) is 0 Å². The second kappa shape index (κ2) is 8.30. The normalized spacial score (nSPS) is 10.4. The predicted octanol–water partition coefficient (Wildman–Crippen LogP) is 2.71. The number of hydrogen-bond acceptors (Lipinski definition) is 5. The summed E-state index contributed by atoms with van der Waals surface area (Å²) in [6.45, 7) is 1.25. The van der Waals surface area contributed by atoms with Gasteiger partial charge in [-0.05, 0) is 32.3 Å². The molecule has 0 fully saturated rings. The summed E-state index contributed by atoms with van der Waals surface area (Å²) < 4.78 is 5.68. The van der Waals surface area contributed by atoms with Gasteiger partial charge in [-0.1, -0.05) is 11.6 Å². The first kappa shape index (κ1) is 17.0. The summed E-state index contributed by atoms with van der Waals surface area (Å²) in [6.07, 6.45) is 4.47. The number of halogens is 1.